The summed E-state index contributed by atoms with van der Waals surface area (Å²) in [7, 11) is 0. The molecule has 0 spiro atoms. The van der Waals surface area contributed by atoms with Crippen molar-refractivity contribution < 1.29 is 9.84 Å². The summed E-state index contributed by atoms with van der Waals surface area (Å²) in [4.78, 5) is 24.4. The van der Waals surface area contributed by atoms with Gasteiger partial charge in [-0.2, -0.15) is 0 Å². The maximum Gasteiger partial charge on any atom is 0.330 e. The number of nitrogens with zero attached hydrogens (tertiary/aromatic N) is 1. The second-order valence-electron chi connectivity index (χ2n) is 3.59. The zero-order chi connectivity index (χ0) is 10.8. The first-order valence-corrected chi connectivity index (χ1v) is 4.74. The SMILES string of the molecule is O=c1ccn([C@H]2CC(CO)CO2)c(=O)[nH]1. The Labute approximate surface area is 85.1 Å². The zero-order valence-electron chi connectivity index (χ0n) is 8.05. The average molecular weight is 212 g/mol. The molecule has 6 nitrogen and oxygen atoms in total. The Bertz CT molecular complexity index is 450. The zero-order valence-corrected chi connectivity index (χ0v) is 8.05. The summed E-state index contributed by atoms with van der Waals surface area (Å²) < 4.78 is 6.67. The van der Waals surface area contributed by atoms with Crippen LogP contribution < -0.4 is 11.2 Å². The third-order valence-electron chi connectivity index (χ3n) is 2.48. The molecule has 6 heteroatoms. The lowest BCUT2D eigenvalue weighted by atomic mass is 10.1. The summed E-state index contributed by atoms with van der Waals surface area (Å²) >= 11 is 0. The molecule has 0 aromatic carbocycles. The van der Waals surface area contributed by atoms with Crippen LogP contribution >= 0.6 is 0 Å². The molecule has 1 aromatic heterocycles. The van der Waals surface area contributed by atoms with E-state index in [4.69, 9.17) is 9.84 Å². The fraction of sp³-hybridized carbons (Fsp3) is 0.556. The van der Waals surface area contributed by atoms with E-state index in [-0.39, 0.29) is 18.8 Å². The molecule has 1 aromatic rings. The van der Waals surface area contributed by atoms with Crippen molar-refractivity contribution in [2.75, 3.05) is 13.2 Å². The van der Waals surface area contributed by atoms with Crippen molar-refractivity contribution in [1.82, 2.24) is 9.55 Å². The fourth-order valence-electron chi connectivity index (χ4n) is 1.64. The molecule has 0 bridgehead atoms. The van der Waals surface area contributed by atoms with Crippen LogP contribution in [0.3, 0.4) is 0 Å². The molecular formula is C9H12N2O4. The van der Waals surface area contributed by atoms with Gasteiger partial charge in [0.25, 0.3) is 5.56 Å². The first kappa shape index (κ1) is 10.1. The Morgan fingerprint density at radius 1 is 1.60 bits per heavy atom. The number of hydrogen-bond acceptors (Lipinski definition) is 4. The van der Waals surface area contributed by atoms with E-state index in [1.807, 2.05) is 0 Å². The minimum Gasteiger partial charge on any atom is -0.396 e. The van der Waals surface area contributed by atoms with Crippen LogP contribution in [0, 0.1) is 5.92 Å². The summed E-state index contributed by atoms with van der Waals surface area (Å²) in [6, 6.07) is 1.27. The Balaban J connectivity index is 2.24. The van der Waals surface area contributed by atoms with Gasteiger partial charge >= 0.3 is 5.69 Å². The van der Waals surface area contributed by atoms with E-state index >= 15 is 0 Å². The highest BCUT2D eigenvalue weighted by atomic mass is 16.5. The first-order valence-electron chi connectivity index (χ1n) is 4.74. The number of aliphatic hydroxyl groups excluding tert-OH is 1. The molecule has 1 saturated heterocycles. The van der Waals surface area contributed by atoms with Crippen LogP contribution in [0.1, 0.15) is 12.6 Å². The fourth-order valence-corrected chi connectivity index (χ4v) is 1.64. The molecule has 2 heterocycles. The van der Waals surface area contributed by atoms with E-state index in [0.717, 1.165) is 0 Å². The Morgan fingerprint density at radius 3 is 3.00 bits per heavy atom. The van der Waals surface area contributed by atoms with Gasteiger partial charge in [-0.3, -0.25) is 14.3 Å². The second-order valence-corrected chi connectivity index (χ2v) is 3.59. The number of ether oxygens (including phenoxy) is 1. The van der Waals surface area contributed by atoms with Gasteiger partial charge in [0.15, 0.2) is 0 Å². The standard InChI is InChI=1S/C9H12N2O4/c12-4-6-3-8(15-5-6)11-2-1-7(13)10-9(11)14/h1-2,6,8,12H,3-5H2,(H,10,13,14)/t6?,8-/m1/s1. The maximum atomic E-state index is 11.4. The molecule has 2 N–H and O–H groups in total. The molecular weight excluding hydrogens is 200 g/mol. The molecule has 1 fully saturated rings. The van der Waals surface area contributed by atoms with Gasteiger partial charge in [-0.1, -0.05) is 0 Å². The molecule has 0 aliphatic carbocycles. The Kier molecular flexibility index (Phi) is 2.70. The normalized spacial score (nSPS) is 25.7. The van der Waals surface area contributed by atoms with E-state index in [2.05, 4.69) is 4.98 Å². The lowest BCUT2D eigenvalue weighted by molar-refractivity contribution is 0.0489. The molecule has 15 heavy (non-hydrogen) atoms. The van der Waals surface area contributed by atoms with E-state index in [0.29, 0.717) is 13.0 Å². The highest BCUT2D eigenvalue weighted by Crippen LogP contribution is 2.25. The van der Waals surface area contributed by atoms with Gasteiger partial charge in [0, 0.05) is 24.8 Å². The lowest BCUT2D eigenvalue weighted by Gasteiger charge is -2.11. The number of aromatic amines is 1. The molecule has 0 amide bonds. The van der Waals surface area contributed by atoms with Crippen LogP contribution in [0.4, 0.5) is 0 Å². The third kappa shape index (κ3) is 2.00. The summed E-state index contributed by atoms with van der Waals surface area (Å²) in [5.41, 5.74) is -0.904. The van der Waals surface area contributed by atoms with Crippen molar-refractivity contribution >= 4 is 0 Å². The predicted molar refractivity (Wildman–Crippen MR) is 51.5 cm³/mol. The van der Waals surface area contributed by atoms with Gasteiger partial charge < -0.3 is 9.84 Å². The van der Waals surface area contributed by atoms with Gasteiger partial charge in [0.1, 0.15) is 6.23 Å². The monoisotopic (exact) mass is 212 g/mol. The lowest BCUT2D eigenvalue weighted by Crippen LogP contribution is -2.31. The number of rotatable bonds is 2. The smallest absolute Gasteiger partial charge is 0.330 e. The van der Waals surface area contributed by atoms with E-state index < -0.39 is 11.2 Å². The van der Waals surface area contributed by atoms with Crippen molar-refractivity contribution in [2.45, 2.75) is 12.6 Å². The maximum absolute atomic E-state index is 11.4. The average Bonchev–Trinajstić information content (AvgIpc) is 2.66. The van der Waals surface area contributed by atoms with Crippen molar-refractivity contribution in [3.05, 3.63) is 33.1 Å². The summed E-state index contributed by atoms with van der Waals surface area (Å²) in [6.45, 7) is 0.487. The second kappa shape index (κ2) is 4.00. The van der Waals surface area contributed by atoms with E-state index in [1.165, 1.54) is 16.8 Å². The highest BCUT2D eigenvalue weighted by Gasteiger charge is 2.26. The molecule has 0 saturated carbocycles. The van der Waals surface area contributed by atoms with Gasteiger partial charge in [-0.05, 0) is 6.42 Å². The van der Waals surface area contributed by atoms with Crippen LogP contribution in [-0.2, 0) is 4.74 Å². The number of H-pyrrole nitrogens is 1. The van der Waals surface area contributed by atoms with Crippen LogP contribution in [-0.4, -0.2) is 27.9 Å². The van der Waals surface area contributed by atoms with Gasteiger partial charge in [-0.25, -0.2) is 4.79 Å². The summed E-state index contributed by atoms with van der Waals surface area (Å²) in [6.07, 6.45) is 1.61. The van der Waals surface area contributed by atoms with Crippen molar-refractivity contribution in [3.8, 4) is 0 Å². The number of nitrogens with one attached hydrogen (secondary N) is 1. The number of aromatic nitrogens is 2. The van der Waals surface area contributed by atoms with E-state index in [9.17, 15) is 9.59 Å². The van der Waals surface area contributed by atoms with Gasteiger partial charge in [0.05, 0.1) is 6.61 Å². The molecule has 1 aliphatic heterocycles. The van der Waals surface area contributed by atoms with Crippen LogP contribution in [0.2, 0.25) is 0 Å². The minimum absolute atomic E-state index is 0.0502. The van der Waals surface area contributed by atoms with Crippen LogP contribution in [0.15, 0.2) is 21.9 Å². The molecule has 2 rings (SSSR count). The summed E-state index contributed by atoms with van der Waals surface area (Å²) in [5, 5.41) is 8.92. The van der Waals surface area contributed by atoms with Crippen LogP contribution in [0.25, 0.3) is 0 Å². The third-order valence-corrected chi connectivity index (χ3v) is 2.48. The number of hydrogen-bond donors (Lipinski definition) is 2. The van der Waals surface area contributed by atoms with Crippen molar-refractivity contribution in [1.29, 1.82) is 0 Å². The number of aliphatic hydroxyl groups is 1. The predicted octanol–water partition coefficient (Wildman–Crippen LogP) is -0.936. The highest BCUT2D eigenvalue weighted by molar-refractivity contribution is 4.85. The van der Waals surface area contributed by atoms with Crippen molar-refractivity contribution in [3.63, 3.8) is 0 Å². The first-order chi connectivity index (χ1) is 7.20. The molecule has 0 radical (unpaired) electrons. The minimum atomic E-state index is -0.480. The summed E-state index contributed by atoms with van der Waals surface area (Å²) in [5.74, 6) is 0.0637. The van der Waals surface area contributed by atoms with Crippen LogP contribution in [0.5, 0.6) is 0 Å². The van der Waals surface area contributed by atoms with Crippen molar-refractivity contribution in [2.24, 2.45) is 5.92 Å². The largest absolute Gasteiger partial charge is 0.396 e. The molecule has 1 unspecified atom stereocenters. The quantitative estimate of drug-likeness (QED) is 0.663. The Hall–Kier alpha value is -1.40. The van der Waals surface area contributed by atoms with Gasteiger partial charge in [0.2, 0.25) is 0 Å². The van der Waals surface area contributed by atoms with Gasteiger partial charge in [-0.15, -0.1) is 0 Å². The molecule has 82 valence electrons. The Morgan fingerprint density at radius 2 is 2.40 bits per heavy atom. The van der Waals surface area contributed by atoms with E-state index in [1.54, 1.807) is 0 Å². The topological polar surface area (TPSA) is 84.3 Å². The molecule has 2 atom stereocenters. The molecule has 1 aliphatic rings.